The number of ether oxygens (including phenoxy) is 2. The van der Waals surface area contributed by atoms with Gasteiger partial charge < -0.3 is 14.8 Å². The third-order valence-electron chi connectivity index (χ3n) is 6.21. The van der Waals surface area contributed by atoms with Gasteiger partial charge in [0.05, 0.1) is 22.9 Å². The molecule has 1 fully saturated rings. The van der Waals surface area contributed by atoms with Crippen molar-refractivity contribution in [2.45, 2.75) is 30.8 Å². The van der Waals surface area contributed by atoms with Gasteiger partial charge in [0.15, 0.2) is 6.61 Å². The molecule has 1 heterocycles. The van der Waals surface area contributed by atoms with Crippen LogP contribution in [0.5, 0.6) is 5.75 Å². The number of aryl methyl sites for hydroxylation is 1. The highest BCUT2D eigenvalue weighted by Gasteiger charge is 2.27. The van der Waals surface area contributed by atoms with E-state index >= 15 is 0 Å². The molecule has 4 rings (SSSR count). The van der Waals surface area contributed by atoms with Crippen molar-refractivity contribution in [3.63, 3.8) is 0 Å². The van der Waals surface area contributed by atoms with Crippen LogP contribution in [0.25, 0.3) is 0 Å². The molecule has 3 aromatic rings. The number of benzene rings is 3. The van der Waals surface area contributed by atoms with E-state index in [9.17, 15) is 22.4 Å². The molecule has 2 amide bonds. The first-order valence-corrected chi connectivity index (χ1v) is 14.4. The first-order chi connectivity index (χ1) is 19.7. The van der Waals surface area contributed by atoms with Crippen LogP contribution in [-0.2, 0) is 24.3 Å². The maximum absolute atomic E-state index is 13.5. The summed E-state index contributed by atoms with van der Waals surface area (Å²) in [6.45, 7) is 2.30. The first kappa shape index (κ1) is 29.7. The van der Waals surface area contributed by atoms with Crippen molar-refractivity contribution in [3.8, 4) is 5.75 Å². The van der Waals surface area contributed by atoms with Gasteiger partial charge in [-0.25, -0.2) is 18.2 Å². The van der Waals surface area contributed by atoms with Gasteiger partial charge in [0.1, 0.15) is 18.1 Å². The molecule has 1 saturated heterocycles. The smallest absolute Gasteiger partial charge is 0.264 e. The topological polar surface area (TPSA) is 126 Å². The molecule has 41 heavy (non-hydrogen) atoms. The second kappa shape index (κ2) is 13.9. The predicted molar refractivity (Wildman–Crippen MR) is 152 cm³/mol. The van der Waals surface area contributed by atoms with Crippen LogP contribution in [0.15, 0.2) is 82.8 Å². The van der Waals surface area contributed by atoms with Crippen LogP contribution >= 0.6 is 0 Å². The fourth-order valence-corrected chi connectivity index (χ4v) is 5.41. The molecule has 0 aliphatic carbocycles. The second-order valence-electron chi connectivity index (χ2n) is 9.39. The number of halogens is 1. The van der Waals surface area contributed by atoms with E-state index in [2.05, 4.69) is 15.8 Å². The van der Waals surface area contributed by atoms with Crippen molar-refractivity contribution in [1.29, 1.82) is 0 Å². The highest BCUT2D eigenvalue weighted by Crippen LogP contribution is 2.24. The largest absolute Gasteiger partial charge is 0.484 e. The summed E-state index contributed by atoms with van der Waals surface area (Å²) in [6, 6.07) is 17.7. The van der Waals surface area contributed by atoms with E-state index in [1.165, 1.54) is 30.5 Å². The molecule has 0 spiro atoms. The summed E-state index contributed by atoms with van der Waals surface area (Å²) in [4.78, 5) is 24.6. The van der Waals surface area contributed by atoms with Crippen LogP contribution in [0.4, 0.5) is 10.1 Å². The minimum Gasteiger partial charge on any atom is -0.484 e. The van der Waals surface area contributed by atoms with E-state index in [0.717, 1.165) is 41.4 Å². The number of hydrogen-bond acceptors (Lipinski definition) is 7. The van der Waals surface area contributed by atoms with Crippen LogP contribution in [-0.4, -0.2) is 58.9 Å². The third kappa shape index (κ3) is 8.60. The Morgan fingerprint density at radius 2 is 1.76 bits per heavy atom. The predicted octanol–water partition coefficient (Wildman–Crippen LogP) is 3.15. The Labute approximate surface area is 238 Å². The minimum atomic E-state index is -4.13. The molecule has 0 saturated carbocycles. The highest BCUT2D eigenvalue weighted by molar-refractivity contribution is 7.92. The number of hydrazone groups is 1. The summed E-state index contributed by atoms with van der Waals surface area (Å²) in [5.74, 6) is -0.998. The fraction of sp³-hybridized carbons (Fsp3) is 0.276. The molecule has 10 nitrogen and oxygen atoms in total. The van der Waals surface area contributed by atoms with E-state index in [0.29, 0.717) is 17.9 Å². The molecule has 216 valence electrons. The van der Waals surface area contributed by atoms with Crippen molar-refractivity contribution in [2.24, 2.45) is 5.10 Å². The summed E-state index contributed by atoms with van der Waals surface area (Å²) in [5.41, 5.74) is 3.95. The average molecular weight is 583 g/mol. The maximum atomic E-state index is 13.5. The molecule has 0 unspecified atom stereocenters. The zero-order valence-corrected chi connectivity index (χ0v) is 23.3. The zero-order chi connectivity index (χ0) is 29.2. The number of rotatable bonds is 12. The van der Waals surface area contributed by atoms with Gasteiger partial charge >= 0.3 is 0 Å². The van der Waals surface area contributed by atoms with Crippen LogP contribution in [0.3, 0.4) is 0 Å². The van der Waals surface area contributed by atoms with E-state index in [1.54, 1.807) is 36.4 Å². The lowest BCUT2D eigenvalue weighted by Gasteiger charge is -2.23. The van der Waals surface area contributed by atoms with Gasteiger partial charge in [0, 0.05) is 13.2 Å². The summed E-state index contributed by atoms with van der Waals surface area (Å²) in [7, 11) is -4.13. The lowest BCUT2D eigenvalue weighted by molar-refractivity contribution is -0.123. The van der Waals surface area contributed by atoms with Crippen molar-refractivity contribution in [2.75, 3.05) is 30.6 Å². The monoisotopic (exact) mass is 582 g/mol. The lowest BCUT2D eigenvalue weighted by atomic mass is 10.2. The Kier molecular flexibility index (Phi) is 10.0. The molecule has 1 atom stereocenters. The molecule has 1 aliphatic heterocycles. The number of sulfonamides is 1. The lowest BCUT2D eigenvalue weighted by Crippen LogP contribution is -2.39. The van der Waals surface area contributed by atoms with Crippen LogP contribution < -0.4 is 19.8 Å². The molecule has 0 aromatic heterocycles. The number of carbonyl (C=O) groups is 2. The Morgan fingerprint density at radius 3 is 2.41 bits per heavy atom. The normalized spacial score (nSPS) is 15.0. The Morgan fingerprint density at radius 1 is 1.05 bits per heavy atom. The maximum Gasteiger partial charge on any atom is 0.264 e. The van der Waals surface area contributed by atoms with Gasteiger partial charge in [0.25, 0.3) is 21.8 Å². The molecule has 0 radical (unpaired) electrons. The van der Waals surface area contributed by atoms with Gasteiger partial charge in [0.2, 0.25) is 0 Å². The number of amides is 2. The van der Waals surface area contributed by atoms with Gasteiger partial charge in [-0.3, -0.25) is 13.9 Å². The van der Waals surface area contributed by atoms with E-state index in [1.807, 2.05) is 6.92 Å². The van der Waals surface area contributed by atoms with Crippen molar-refractivity contribution in [1.82, 2.24) is 10.7 Å². The van der Waals surface area contributed by atoms with Crippen molar-refractivity contribution >= 4 is 33.7 Å². The van der Waals surface area contributed by atoms with Gasteiger partial charge in [-0.05, 0) is 86.0 Å². The van der Waals surface area contributed by atoms with Crippen LogP contribution in [0.1, 0.15) is 24.0 Å². The van der Waals surface area contributed by atoms with Gasteiger partial charge in [-0.2, -0.15) is 5.10 Å². The summed E-state index contributed by atoms with van der Waals surface area (Å²) < 4.78 is 52.1. The van der Waals surface area contributed by atoms with Gasteiger partial charge in [-0.1, -0.05) is 17.7 Å². The molecule has 0 bridgehead atoms. The molecule has 1 aliphatic rings. The zero-order valence-electron chi connectivity index (χ0n) is 22.5. The van der Waals surface area contributed by atoms with Crippen molar-refractivity contribution < 1.29 is 31.9 Å². The Balaban J connectivity index is 1.32. The summed E-state index contributed by atoms with van der Waals surface area (Å²) >= 11 is 0. The quantitative estimate of drug-likeness (QED) is 0.250. The molecular weight excluding hydrogens is 551 g/mol. The summed E-state index contributed by atoms with van der Waals surface area (Å²) in [5, 5.41) is 6.70. The Bertz CT molecular complexity index is 1460. The first-order valence-electron chi connectivity index (χ1n) is 13.0. The average Bonchev–Trinajstić information content (AvgIpc) is 3.49. The third-order valence-corrected chi connectivity index (χ3v) is 8.00. The van der Waals surface area contributed by atoms with Gasteiger partial charge in [-0.15, -0.1) is 0 Å². The minimum absolute atomic E-state index is 0.00801. The number of nitrogens with one attached hydrogen (secondary N) is 2. The molecular formula is C29H31FN4O6S. The molecule has 12 heteroatoms. The van der Waals surface area contributed by atoms with Crippen LogP contribution in [0, 0.1) is 12.7 Å². The van der Waals surface area contributed by atoms with E-state index in [4.69, 9.17) is 9.47 Å². The van der Waals surface area contributed by atoms with E-state index < -0.39 is 28.3 Å². The second-order valence-corrected chi connectivity index (χ2v) is 11.3. The van der Waals surface area contributed by atoms with Crippen LogP contribution in [0.2, 0.25) is 0 Å². The number of carbonyl (C=O) groups excluding carboxylic acids is 2. The number of hydrogen-bond donors (Lipinski definition) is 2. The SMILES string of the molecule is Cc1ccc(S(=O)(=O)N(CC(=O)N/N=C\c2ccc(OCC(=O)NC[C@H]3CCCO3)cc2)c2ccc(F)cc2)cc1. The highest BCUT2D eigenvalue weighted by atomic mass is 32.2. The van der Waals surface area contributed by atoms with Crippen molar-refractivity contribution in [3.05, 3.63) is 89.7 Å². The Hall–Kier alpha value is -4.29. The standard InChI is InChI=1S/C29H31FN4O6S/c1-21-4-14-27(15-5-21)41(37,38)34(24-10-8-23(30)9-11-24)19-28(35)33-32-17-22-6-12-25(13-7-22)40-20-29(36)31-18-26-3-2-16-39-26/h4-15,17,26H,2-3,16,18-20H2,1H3,(H,31,36)(H,33,35)/b32-17-/t26-/m1/s1. The molecule has 3 aromatic carbocycles. The fourth-order valence-electron chi connectivity index (χ4n) is 3.99. The number of anilines is 1. The van der Waals surface area contributed by atoms with E-state index in [-0.39, 0.29) is 29.2 Å². The number of nitrogens with zero attached hydrogens (tertiary/aromatic N) is 2. The molecule has 2 N–H and O–H groups in total. The summed E-state index contributed by atoms with van der Waals surface area (Å²) in [6.07, 6.45) is 3.37.